The first-order chi connectivity index (χ1) is 15.0. The van der Waals surface area contributed by atoms with Gasteiger partial charge in [0.1, 0.15) is 12.4 Å². The van der Waals surface area contributed by atoms with E-state index in [9.17, 15) is 13.2 Å². The number of nitrogens with one attached hydrogen (secondary N) is 1. The van der Waals surface area contributed by atoms with Gasteiger partial charge in [0.25, 0.3) is 0 Å². The molecule has 0 saturated carbocycles. The maximum Gasteiger partial charge on any atom is 0.243 e. The van der Waals surface area contributed by atoms with E-state index >= 15 is 0 Å². The lowest BCUT2D eigenvalue weighted by Crippen LogP contribution is -2.35. The Hall–Kier alpha value is -2.38. The van der Waals surface area contributed by atoms with E-state index in [2.05, 4.69) is 36.5 Å². The minimum atomic E-state index is -3.43. The second kappa shape index (κ2) is 11.3. The molecule has 1 heterocycles. The Morgan fingerprint density at radius 1 is 0.968 bits per heavy atom. The molecule has 1 fully saturated rings. The highest BCUT2D eigenvalue weighted by Crippen LogP contribution is 2.22. The lowest BCUT2D eigenvalue weighted by atomic mass is 10.1. The molecule has 0 unspecified atom stereocenters. The van der Waals surface area contributed by atoms with E-state index in [1.165, 1.54) is 5.56 Å². The molecule has 0 bridgehead atoms. The number of carbonyl (C=O) groups is 1. The predicted octanol–water partition coefficient (Wildman–Crippen LogP) is 3.55. The van der Waals surface area contributed by atoms with Crippen LogP contribution in [0.15, 0.2) is 53.4 Å². The van der Waals surface area contributed by atoms with Crippen molar-refractivity contribution >= 4 is 15.9 Å². The average Bonchev–Trinajstić information content (AvgIpc) is 2.81. The minimum Gasteiger partial charge on any atom is -0.492 e. The van der Waals surface area contributed by atoms with E-state index in [0.29, 0.717) is 49.7 Å². The van der Waals surface area contributed by atoms with Gasteiger partial charge in [-0.3, -0.25) is 4.79 Å². The molecular formula is C24H32N2O4S. The second-order valence-corrected chi connectivity index (χ2v) is 9.74. The number of aryl methyl sites for hydroxylation is 2. The fourth-order valence-electron chi connectivity index (χ4n) is 3.61. The molecule has 1 saturated heterocycles. The number of rotatable bonds is 10. The number of hydrogen-bond acceptors (Lipinski definition) is 4. The predicted molar refractivity (Wildman–Crippen MR) is 122 cm³/mol. The summed E-state index contributed by atoms with van der Waals surface area (Å²) in [7, 11) is -3.43. The molecule has 1 N–H and O–H groups in total. The van der Waals surface area contributed by atoms with E-state index < -0.39 is 10.0 Å². The third-order valence-electron chi connectivity index (χ3n) is 5.54. The summed E-state index contributed by atoms with van der Waals surface area (Å²) >= 11 is 0. The quantitative estimate of drug-likeness (QED) is 0.569. The molecule has 6 nitrogen and oxygen atoms in total. The Morgan fingerprint density at radius 3 is 2.26 bits per heavy atom. The van der Waals surface area contributed by atoms with Crippen molar-refractivity contribution in [3.63, 3.8) is 0 Å². The molecule has 0 aliphatic carbocycles. The first-order valence-corrected chi connectivity index (χ1v) is 12.5. The summed E-state index contributed by atoms with van der Waals surface area (Å²) in [5.74, 6) is 0.578. The molecular weight excluding hydrogens is 412 g/mol. The van der Waals surface area contributed by atoms with Crippen LogP contribution in [0.4, 0.5) is 0 Å². The minimum absolute atomic E-state index is 0.00820. The van der Waals surface area contributed by atoms with Crippen molar-refractivity contribution in [2.24, 2.45) is 0 Å². The third kappa shape index (κ3) is 6.80. The fraction of sp³-hybridized carbons (Fsp3) is 0.458. The maximum atomic E-state index is 12.7. The molecule has 31 heavy (non-hydrogen) atoms. The van der Waals surface area contributed by atoms with Crippen LogP contribution in [0.5, 0.6) is 5.75 Å². The van der Waals surface area contributed by atoms with Crippen molar-refractivity contribution in [2.75, 3.05) is 26.2 Å². The van der Waals surface area contributed by atoms with Crippen molar-refractivity contribution in [3.8, 4) is 5.75 Å². The van der Waals surface area contributed by atoms with Crippen LogP contribution in [0.25, 0.3) is 0 Å². The van der Waals surface area contributed by atoms with E-state index in [1.807, 2.05) is 0 Å². The average molecular weight is 445 g/mol. The van der Waals surface area contributed by atoms with Crippen LogP contribution >= 0.6 is 0 Å². The highest BCUT2D eigenvalue weighted by Gasteiger charge is 2.25. The van der Waals surface area contributed by atoms with E-state index in [4.69, 9.17) is 4.74 Å². The van der Waals surface area contributed by atoms with Crippen LogP contribution in [-0.4, -0.2) is 44.9 Å². The van der Waals surface area contributed by atoms with Crippen LogP contribution in [0.3, 0.4) is 0 Å². The van der Waals surface area contributed by atoms with Gasteiger partial charge in [0.05, 0.1) is 11.4 Å². The summed E-state index contributed by atoms with van der Waals surface area (Å²) in [5.41, 5.74) is 2.45. The summed E-state index contributed by atoms with van der Waals surface area (Å²) in [4.78, 5) is 12.3. The number of sulfonamides is 1. The second-order valence-electron chi connectivity index (χ2n) is 7.80. The Kier molecular flexibility index (Phi) is 8.49. The lowest BCUT2D eigenvalue weighted by molar-refractivity contribution is -0.121. The van der Waals surface area contributed by atoms with E-state index in [0.717, 1.165) is 31.2 Å². The SMILES string of the molecule is CCc1ccc(CCC(=O)NCCOc2ccc(S(=O)(=O)N3CCCCC3)cc2)cc1. The molecule has 3 rings (SSSR count). The Morgan fingerprint density at radius 2 is 1.61 bits per heavy atom. The smallest absolute Gasteiger partial charge is 0.243 e. The number of ether oxygens (including phenoxy) is 1. The maximum absolute atomic E-state index is 12.7. The van der Waals surface area contributed by atoms with Gasteiger partial charge in [-0.2, -0.15) is 4.31 Å². The van der Waals surface area contributed by atoms with Crippen molar-refractivity contribution in [2.45, 2.75) is 50.3 Å². The fourth-order valence-corrected chi connectivity index (χ4v) is 5.13. The number of carbonyl (C=O) groups excluding carboxylic acids is 1. The van der Waals surface area contributed by atoms with Gasteiger partial charge < -0.3 is 10.1 Å². The summed E-state index contributed by atoms with van der Waals surface area (Å²) < 4.78 is 32.5. The molecule has 2 aromatic carbocycles. The molecule has 0 atom stereocenters. The van der Waals surface area contributed by atoms with E-state index in [-0.39, 0.29) is 5.91 Å². The Bertz CT molecular complexity index is 935. The standard InChI is InChI=1S/C24H32N2O4S/c1-2-20-6-8-21(9-7-20)10-15-24(27)25-16-19-30-22-11-13-23(14-12-22)31(28,29)26-17-4-3-5-18-26/h6-9,11-14H,2-5,10,15-19H2,1H3,(H,25,27). The molecule has 0 spiro atoms. The molecule has 1 aliphatic heterocycles. The van der Waals surface area contributed by atoms with Gasteiger partial charge in [0.2, 0.25) is 15.9 Å². The van der Waals surface area contributed by atoms with Crippen LogP contribution in [-0.2, 0) is 27.7 Å². The summed E-state index contributed by atoms with van der Waals surface area (Å²) in [5, 5.41) is 2.86. The lowest BCUT2D eigenvalue weighted by Gasteiger charge is -2.25. The van der Waals surface area contributed by atoms with Crippen LogP contribution < -0.4 is 10.1 Å². The Balaban J connectivity index is 1.37. The zero-order chi connectivity index (χ0) is 22.1. The van der Waals surface area contributed by atoms with Gasteiger partial charge in [0, 0.05) is 19.5 Å². The summed E-state index contributed by atoms with van der Waals surface area (Å²) in [6, 6.07) is 14.9. The van der Waals surface area contributed by atoms with Crippen molar-refractivity contribution in [1.29, 1.82) is 0 Å². The van der Waals surface area contributed by atoms with Gasteiger partial charge in [-0.15, -0.1) is 0 Å². The molecule has 1 aliphatic rings. The molecule has 1 amide bonds. The van der Waals surface area contributed by atoms with Crippen LogP contribution in [0, 0.1) is 0 Å². The largest absolute Gasteiger partial charge is 0.492 e. The monoisotopic (exact) mass is 444 g/mol. The molecule has 168 valence electrons. The normalized spacial score (nSPS) is 14.9. The zero-order valence-electron chi connectivity index (χ0n) is 18.2. The van der Waals surface area contributed by atoms with E-state index in [1.54, 1.807) is 28.6 Å². The first-order valence-electron chi connectivity index (χ1n) is 11.1. The van der Waals surface area contributed by atoms with Gasteiger partial charge in [-0.05, 0) is 61.1 Å². The topological polar surface area (TPSA) is 75.7 Å². The van der Waals surface area contributed by atoms with Crippen LogP contribution in [0.2, 0.25) is 0 Å². The molecule has 0 aromatic heterocycles. The first kappa shape index (κ1) is 23.3. The number of amides is 1. The molecule has 2 aromatic rings. The number of benzene rings is 2. The number of hydrogen-bond donors (Lipinski definition) is 1. The third-order valence-corrected chi connectivity index (χ3v) is 7.45. The summed E-state index contributed by atoms with van der Waals surface area (Å²) in [6.07, 6.45) is 5.08. The number of nitrogens with zero attached hydrogens (tertiary/aromatic N) is 1. The Labute approximate surface area is 185 Å². The highest BCUT2D eigenvalue weighted by atomic mass is 32.2. The van der Waals surface area contributed by atoms with Gasteiger partial charge in [-0.1, -0.05) is 37.6 Å². The molecule has 7 heteroatoms. The zero-order valence-corrected chi connectivity index (χ0v) is 19.0. The number of piperidine rings is 1. The summed E-state index contributed by atoms with van der Waals surface area (Å²) in [6.45, 7) is 4.03. The van der Waals surface area contributed by atoms with Crippen molar-refractivity contribution in [1.82, 2.24) is 9.62 Å². The van der Waals surface area contributed by atoms with Crippen molar-refractivity contribution in [3.05, 3.63) is 59.7 Å². The van der Waals surface area contributed by atoms with Crippen molar-refractivity contribution < 1.29 is 17.9 Å². The molecule has 0 radical (unpaired) electrons. The van der Waals surface area contributed by atoms with Gasteiger partial charge in [0.15, 0.2) is 0 Å². The van der Waals surface area contributed by atoms with Crippen LogP contribution in [0.1, 0.15) is 43.7 Å². The highest BCUT2D eigenvalue weighted by molar-refractivity contribution is 7.89. The van der Waals surface area contributed by atoms with Gasteiger partial charge in [-0.25, -0.2) is 8.42 Å². The van der Waals surface area contributed by atoms with Gasteiger partial charge >= 0.3 is 0 Å².